The third kappa shape index (κ3) is 2.62. The first-order valence-electron chi connectivity index (χ1n) is 5.26. The van der Waals surface area contributed by atoms with Crippen LogP contribution >= 0.6 is 11.8 Å². The van der Waals surface area contributed by atoms with Crippen molar-refractivity contribution in [2.24, 2.45) is 7.05 Å². The van der Waals surface area contributed by atoms with Crippen molar-refractivity contribution in [3.8, 4) is 0 Å². The Kier molecular flexibility index (Phi) is 3.70. The van der Waals surface area contributed by atoms with E-state index in [9.17, 15) is 19.3 Å². The van der Waals surface area contributed by atoms with E-state index in [1.54, 1.807) is 17.8 Å². The van der Waals surface area contributed by atoms with Gasteiger partial charge in [0.05, 0.1) is 9.82 Å². The largest absolute Gasteiger partial charge is 0.478 e. The molecule has 2 rings (SSSR count). The maximum atomic E-state index is 13.6. The Labute approximate surface area is 116 Å². The summed E-state index contributed by atoms with van der Waals surface area (Å²) in [7, 11) is 1.68. The molecule has 9 heteroatoms. The fraction of sp³-hybridized carbons (Fsp3) is 0.0909. The number of imidazole rings is 1. The number of nitro groups is 1. The van der Waals surface area contributed by atoms with Crippen LogP contribution in [-0.2, 0) is 7.05 Å². The Morgan fingerprint density at radius 2 is 2.25 bits per heavy atom. The third-order valence-electron chi connectivity index (χ3n) is 2.45. The minimum absolute atomic E-state index is 0.00759. The number of carboxylic acid groups (broad SMARTS) is 1. The Hall–Kier alpha value is -2.42. The summed E-state index contributed by atoms with van der Waals surface area (Å²) in [6.45, 7) is 0. The molecule has 0 fully saturated rings. The van der Waals surface area contributed by atoms with E-state index in [-0.39, 0.29) is 4.90 Å². The first-order valence-corrected chi connectivity index (χ1v) is 6.08. The van der Waals surface area contributed by atoms with E-state index in [4.69, 9.17) is 5.11 Å². The summed E-state index contributed by atoms with van der Waals surface area (Å²) in [5.41, 5.74) is -1.21. The van der Waals surface area contributed by atoms with Gasteiger partial charge in [-0.05, 0) is 17.8 Å². The van der Waals surface area contributed by atoms with E-state index in [0.717, 1.165) is 17.8 Å². The monoisotopic (exact) mass is 297 g/mol. The van der Waals surface area contributed by atoms with Gasteiger partial charge >= 0.3 is 5.97 Å². The van der Waals surface area contributed by atoms with Gasteiger partial charge in [-0.1, -0.05) is 0 Å². The summed E-state index contributed by atoms with van der Waals surface area (Å²) in [4.78, 5) is 25.0. The number of rotatable bonds is 4. The summed E-state index contributed by atoms with van der Waals surface area (Å²) in [5, 5.41) is 20.2. The smallest absolute Gasteiger partial charge is 0.338 e. The van der Waals surface area contributed by atoms with E-state index < -0.39 is 28.0 Å². The number of hydrogen-bond acceptors (Lipinski definition) is 5. The number of halogens is 1. The van der Waals surface area contributed by atoms with E-state index in [2.05, 4.69) is 4.98 Å². The molecule has 104 valence electrons. The van der Waals surface area contributed by atoms with E-state index in [1.807, 2.05) is 0 Å². The molecule has 7 nitrogen and oxygen atoms in total. The standard InChI is InChI=1S/C11H8FN3O4S/c1-14-3-2-13-11(14)20-9-5-7(12)6(10(16)17)4-8(9)15(18)19/h2-5H,1H3,(H,16,17). The molecule has 1 N–H and O–H groups in total. The van der Waals surface area contributed by atoms with Crippen LogP contribution in [0.4, 0.5) is 10.1 Å². The number of benzene rings is 1. The highest BCUT2D eigenvalue weighted by atomic mass is 32.2. The number of carbonyl (C=O) groups is 1. The second-order valence-electron chi connectivity index (χ2n) is 3.78. The highest BCUT2D eigenvalue weighted by Crippen LogP contribution is 2.35. The highest BCUT2D eigenvalue weighted by molar-refractivity contribution is 7.99. The van der Waals surface area contributed by atoms with Crippen molar-refractivity contribution in [1.82, 2.24) is 9.55 Å². The van der Waals surface area contributed by atoms with Crippen LogP contribution in [0.2, 0.25) is 0 Å². The number of carboxylic acids is 1. The molecule has 0 aliphatic carbocycles. The van der Waals surface area contributed by atoms with Gasteiger partial charge < -0.3 is 9.67 Å². The zero-order valence-corrected chi connectivity index (χ0v) is 10.9. The second kappa shape index (κ2) is 5.29. The lowest BCUT2D eigenvalue weighted by molar-refractivity contribution is -0.387. The average molecular weight is 297 g/mol. The Morgan fingerprint density at radius 1 is 1.55 bits per heavy atom. The molecule has 0 saturated carbocycles. The quantitative estimate of drug-likeness (QED) is 0.687. The zero-order chi connectivity index (χ0) is 14.9. The number of aromatic carboxylic acids is 1. The van der Waals surface area contributed by atoms with Gasteiger partial charge in [0.15, 0.2) is 5.16 Å². The molecule has 0 radical (unpaired) electrons. The Morgan fingerprint density at radius 3 is 2.75 bits per heavy atom. The lowest BCUT2D eigenvalue weighted by Gasteiger charge is -2.05. The molecule has 0 saturated heterocycles. The fourth-order valence-electron chi connectivity index (χ4n) is 1.48. The molecule has 1 heterocycles. The molecule has 1 aromatic carbocycles. The first-order chi connectivity index (χ1) is 9.40. The van der Waals surface area contributed by atoms with Crippen molar-refractivity contribution in [3.63, 3.8) is 0 Å². The SMILES string of the molecule is Cn1ccnc1Sc1cc(F)c(C(=O)O)cc1[N+](=O)[O-]. The number of aryl methyl sites for hydroxylation is 1. The molecular weight excluding hydrogens is 289 g/mol. The summed E-state index contributed by atoms with van der Waals surface area (Å²) in [6, 6.07) is 1.55. The van der Waals surface area contributed by atoms with Crippen LogP contribution in [0.25, 0.3) is 0 Å². The molecule has 0 aliphatic heterocycles. The van der Waals surface area contributed by atoms with Crippen molar-refractivity contribution >= 4 is 23.4 Å². The van der Waals surface area contributed by atoms with Crippen LogP contribution in [0.3, 0.4) is 0 Å². The zero-order valence-electron chi connectivity index (χ0n) is 10.1. The number of nitrogens with zero attached hydrogens (tertiary/aromatic N) is 3. The molecule has 0 bridgehead atoms. The first kappa shape index (κ1) is 14.0. The van der Waals surface area contributed by atoms with E-state index in [0.29, 0.717) is 11.2 Å². The van der Waals surface area contributed by atoms with Gasteiger partial charge in [0.2, 0.25) is 0 Å². The van der Waals surface area contributed by atoms with Gasteiger partial charge in [-0.3, -0.25) is 10.1 Å². The van der Waals surface area contributed by atoms with Crippen LogP contribution < -0.4 is 0 Å². The lowest BCUT2D eigenvalue weighted by Crippen LogP contribution is -2.03. The van der Waals surface area contributed by atoms with Gasteiger partial charge in [0, 0.05) is 25.5 Å². The minimum Gasteiger partial charge on any atom is -0.478 e. The number of aromatic nitrogens is 2. The van der Waals surface area contributed by atoms with Crippen molar-refractivity contribution in [1.29, 1.82) is 0 Å². The Balaban J connectivity index is 2.52. The second-order valence-corrected chi connectivity index (χ2v) is 4.79. The fourth-order valence-corrected chi connectivity index (χ4v) is 2.40. The van der Waals surface area contributed by atoms with Gasteiger partial charge in [0.1, 0.15) is 11.4 Å². The highest BCUT2D eigenvalue weighted by Gasteiger charge is 2.23. The van der Waals surface area contributed by atoms with E-state index in [1.165, 1.54) is 6.20 Å². The van der Waals surface area contributed by atoms with Crippen molar-refractivity contribution in [2.45, 2.75) is 10.1 Å². The average Bonchev–Trinajstić information content (AvgIpc) is 2.74. The van der Waals surface area contributed by atoms with Crippen LogP contribution in [-0.4, -0.2) is 25.6 Å². The van der Waals surface area contributed by atoms with Gasteiger partial charge in [-0.15, -0.1) is 0 Å². The molecule has 0 unspecified atom stereocenters. The maximum absolute atomic E-state index is 13.6. The maximum Gasteiger partial charge on any atom is 0.338 e. The molecule has 2 aromatic rings. The van der Waals surface area contributed by atoms with Gasteiger partial charge in [-0.25, -0.2) is 14.2 Å². The normalized spacial score (nSPS) is 10.5. The van der Waals surface area contributed by atoms with Crippen LogP contribution in [0.1, 0.15) is 10.4 Å². The molecule has 0 spiro atoms. The molecule has 20 heavy (non-hydrogen) atoms. The topological polar surface area (TPSA) is 98.3 Å². The minimum atomic E-state index is -1.56. The predicted octanol–water partition coefficient (Wildman–Crippen LogP) is 2.32. The van der Waals surface area contributed by atoms with Crippen LogP contribution in [0, 0.1) is 15.9 Å². The molecular formula is C11H8FN3O4S. The Bertz CT molecular complexity index is 701. The van der Waals surface area contributed by atoms with Crippen LogP contribution in [0.5, 0.6) is 0 Å². The molecule has 0 atom stereocenters. The number of hydrogen-bond donors (Lipinski definition) is 1. The van der Waals surface area contributed by atoms with Crippen molar-refractivity contribution in [3.05, 3.63) is 46.0 Å². The lowest BCUT2D eigenvalue weighted by atomic mass is 10.2. The number of nitro benzene ring substituents is 1. The van der Waals surface area contributed by atoms with Gasteiger partial charge in [-0.2, -0.15) is 0 Å². The summed E-state index contributed by atoms with van der Waals surface area (Å²) in [5.74, 6) is -2.58. The summed E-state index contributed by atoms with van der Waals surface area (Å²) < 4.78 is 15.2. The van der Waals surface area contributed by atoms with Crippen molar-refractivity contribution < 1.29 is 19.2 Å². The van der Waals surface area contributed by atoms with Crippen molar-refractivity contribution in [2.75, 3.05) is 0 Å². The van der Waals surface area contributed by atoms with E-state index >= 15 is 0 Å². The predicted molar refractivity (Wildman–Crippen MR) is 67.3 cm³/mol. The molecule has 0 amide bonds. The summed E-state index contributed by atoms with van der Waals surface area (Å²) in [6.07, 6.45) is 3.13. The molecule has 0 aliphatic rings. The van der Waals surface area contributed by atoms with Gasteiger partial charge in [0.25, 0.3) is 5.69 Å². The molecule has 1 aromatic heterocycles. The third-order valence-corrected chi connectivity index (χ3v) is 3.58. The van der Waals surface area contributed by atoms with Crippen LogP contribution in [0.15, 0.2) is 34.6 Å². The summed E-state index contributed by atoms with van der Waals surface area (Å²) >= 11 is 0.888.